The first-order valence-electron chi connectivity index (χ1n) is 7.77. The van der Waals surface area contributed by atoms with Gasteiger partial charge in [-0.25, -0.2) is 0 Å². The summed E-state index contributed by atoms with van der Waals surface area (Å²) in [5.74, 6) is 0.775. The van der Waals surface area contributed by atoms with Crippen molar-refractivity contribution in [2.75, 3.05) is 6.54 Å². The summed E-state index contributed by atoms with van der Waals surface area (Å²) in [5.41, 5.74) is 1.62. The quantitative estimate of drug-likeness (QED) is 0.711. The van der Waals surface area contributed by atoms with Gasteiger partial charge in [0, 0.05) is 11.5 Å². The average molecular weight is 261 g/mol. The Kier molecular flexibility index (Phi) is 6.57. The Labute approximate surface area is 119 Å². The molecule has 0 aromatic heterocycles. The molecule has 0 aliphatic heterocycles. The molecule has 1 nitrogen and oxygen atoms in total. The molecule has 0 saturated carbocycles. The maximum Gasteiger partial charge on any atom is 0.0159 e. The maximum atomic E-state index is 3.76. The normalized spacial score (nSPS) is 13.8. The molecule has 1 aromatic rings. The minimum Gasteiger partial charge on any atom is -0.313 e. The van der Waals surface area contributed by atoms with Crippen LogP contribution in [0.2, 0.25) is 0 Å². The third kappa shape index (κ3) is 4.99. The van der Waals surface area contributed by atoms with Crippen molar-refractivity contribution in [3.63, 3.8) is 0 Å². The number of hydrogen-bond acceptors (Lipinski definition) is 1. The highest BCUT2D eigenvalue weighted by Crippen LogP contribution is 2.30. The van der Waals surface area contributed by atoms with Gasteiger partial charge in [-0.2, -0.15) is 0 Å². The zero-order valence-corrected chi connectivity index (χ0v) is 13.4. The van der Waals surface area contributed by atoms with E-state index in [1.807, 2.05) is 0 Å². The van der Waals surface area contributed by atoms with Gasteiger partial charge in [0.25, 0.3) is 0 Å². The van der Waals surface area contributed by atoms with E-state index >= 15 is 0 Å². The molecule has 0 amide bonds. The van der Waals surface area contributed by atoms with Crippen molar-refractivity contribution in [1.82, 2.24) is 5.32 Å². The van der Waals surface area contributed by atoms with Gasteiger partial charge in [0.2, 0.25) is 0 Å². The topological polar surface area (TPSA) is 12.0 Å². The lowest BCUT2D eigenvalue weighted by atomic mass is 9.75. The van der Waals surface area contributed by atoms with E-state index in [9.17, 15) is 0 Å². The van der Waals surface area contributed by atoms with E-state index in [2.05, 4.69) is 70.3 Å². The van der Waals surface area contributed by atoms with Crippen LogP contribution in [0.5, 0.6) is 0 Å². The smallest absolute Gasteiger partial charge is 0.0159 e. The van der Waals surface area contributed by atoms with Gasteiger partial charge in [0.05, 0.1) is 0 Å². The summed E-state index contributed by atoms with van der Waals surface area (Å²) in [7, 11) is 0. The summed E-state index contributed by atoms with van der Waals surface area (Å²) < 4.78 is 0. The van der Waals surface area contributed by atoms with Crippen LogP contribution < -0.4 is 5.32 Å². The largest absolute Gasteiger partial charge is 0.313 e. The molecule has 1 unspecified atom stereocenters. The van der Waals surface area contributed by atoms with Crippen LogP contribution >= 0.6 is 0 Å². The molecular formula is C18H31N. The highest BCUT2D eigenvalue weighted by Gasteiger charge is 2.30. The molecule has 0 aliphatic rings. The minimum absolute atomic E-state index is 0.186. The second-order valence-electron chi connectivity index (χ2n) is 6.57. The highest BCUT2D eigenvalue weighted by molar-refractivity contribution is 5.25. The van der Waals surface area contributed by atoms with Crippen molar-refractivity contribution < 1.29 is 0 Å². The summed E-state index contributed by atoms with van der Waals surface area (Å²) in [4.78, 5) is 0. The molecule has 0 fully saturated rings. The summed E-state index contributed by atoms with van der Waals surface area (Å²) in [6, 6.07) is 11.5. The fourth-order valence-electron chi connectivity index (χ4n) is 2.61. The van der Waals surface area contributed by atoms with Gasteiger partial charge >= 0.3 is 0 Å². The first-order valence-corrected chi connectivity index (χ1v) is 7.77. The van der Waals surface area contributed by atoms with Gasteiger partial charge in [0.15, 0.2) is 0 Å². The van der Waals surface area contributed by atoms with Crippen LogP contribution in [-0.2, 0) is 5.41 Å². The van der Waals surface area contributed by atoms with Crippen LogP contribution in [0.4, 0.5) is 0 Å². The predicted molar refractivity (Wildman–Crippen MR) is 85.6 cm³/mol. The second kappa shape index (κ2) is 7.69. The fourth-order valence-corrected chi connectivity index (χ4v) is 2.61. The van der Waals surface area contributed by atoms with Crippen molar-refractivity contribution in [2.24, 2.45) is 5.92 Å². The Morgan fingerprint density at radius 3 is 2.21 bits per heavy atom. The third-order valence-corrected chi connectivity index (χ3v) is 4.06. The number of benzene rings is 1. The summed E-state index contributed by atoms with van der Waals surface area (Å²) in [6.45, 7) is 12.7. The molecular weight excluding hydrogens is 230 g/mol. The lowest BCUT2D eigenvalue weighted by Crippen LogP contribution is -2.45. The zero-order valence-electron chi connectivity index (χ0n) is 13.4. The second-order valence-corrected chi connectivity index (χ2v) is 6.57. The van der Waals surface area contributed by atoms with Crippen LogP contribution in [0.3, 0.4) is 0 Å². The molecule has 108 valence electrons. The van der Waals surface area contributed by atoms with Gasteiger partial charge in [-0.1, -0.05) is 65.0 Å². The molecule has 19 heavy (non-hydrogen) atoms. The van der Waals surface area contributed by atoms with Gasteiger partial charge in [-0.3, -0.25) is 0 Å². The molecule has 0 heterocycles. The first-order chi connectivity index (χ1) is 8.98. The Hall–Kier alpha value is -0.820. The van der Waals surface area contributed by atoms with E-state index in [0.29, 0.717) is 6.04 Å². The van der Waals surface area contributed by atoms with Crippen molar-refractivity contribution in [3.8, 4) is 0 Å². The predicted octanol–water partition coefficient (Wildman–Crippen LogP) is 4.77. The molecule has 0 bridgehead atoms. The SMILES string of the molecule is CCCNC(CCC(C)C)C(C)(C)c1ccccc1. The average Bonchev–Trinajstić information content (AvgIpc) is 2.39. The van der Waals surface area contributed by atoms with E-state index in [4.69, 9.17) is 0 Å². The van der Waals surface area contributed by atoms with Gasteiger partial charge in [0.1, 0.15) is 0 Å². The molecule has 0 aliphatic carbocycles. The van der Waals surface area contributed by atoms with Crippen LogP contribution in [0.25, 0.3) is 0 Å². The molecule has 0 radical (unpaired) electrons. The molecule has 1 rings (SSSR count). The molecule has 1 N–H and O–H groups in total. The van der Waals surface area contributed by atoms with Crippen LogP contribution in [0.1, 0.15) is 59.4 Å². The maximum absolute atomic E-state index is 3.76. The molecule has 1 heteroatoms. The fraction of sp³-hybridized carbons (Fsp3) is 0.667. The zero-order chi connectivity index (χ0) is 14.3. The van der Waals surface area contributed by atoms with E-state index in [-0.39, 0.29) is 5.41 Å². The van der Waals surface area contributed by atoms with Crippen LogP contribution in [0.15, 0.2) is 30.3 Å². The summed E-state index contributed by atoms with van der Waals surface area (Å²) in [5, 5.41) is 3.76. The van der Waals surface area contributed by atoms with E-state index in [1.54, 1.807) is 0 Å². The number of nitrogens with one attached hydrogen (secondary N) is 1. The molecule has 1 aromatic carbocycles. The minimum atomic E-state index is 0.186. The Balaban J connectivity index is 2.81. The Morgan fingerprint density at radius 1 is 1.05 bits per heavy atom. The van der Waals surface area contributed by atoms with Crippen molar-refractivity contribution >= 4 is 0 Å². The van der Waals surface area contributed by atoms with Crippen LogP contribution in [0, 0.1) is 5.92 Å². The first kappa shape index (κ1) is 16.2. The summed E-state index contributed by atoms with van der Waals surface area (Å²) >= 11 is 0. The van der Waals surface area contributed by atoms with E-state index < -0.39 is 0 Å². The molecule has 0 spiro atoms. The molecule has 1 atom stereocenters. The summed E-state index contributed by atoms with van der Waals surface area (Å²) in [6.07, 6.45) is 3.74. The third-order valence-electron chi connectivity index (χ3n) is 4.06. The standard InChI is InChI=1S/C18H31N/c1-6-14-19-17(13-12-15(2)3)18(4,5)16-10-8-7-9-11-16/h7-11,15,17,19H,6,12-14H2,1-5H3. The molecule has 0 saturated heterocycles. The van der Waals surface area contributed by atoms with Crippen molar-refractivity contribution in [3.05, 3.63) is 35.9 Å². The Bertz CT molecular complexity index is 340. The van der Waals surface area contributed by atoms with E-state index in [1.165, 1.54) is 24.8 Å². The lowest BCUT2D eigenvalue weighted by molar-refractivity contribution is 0.304. The highest BCUT2D eigenvalue weighted by atomic mass is 14.9. The Morgan fingerprint density at radius 2 is 1.68 bits per heavy atom. The van der Waals surface area contributed by atoms with Gasteiger partial charge in [-0.15, -0.1) is 0 Å². The van der Waals surface area contributed by atoms with Crippen molar-refractivity contribution in [2.45, 2.75) is 65.3 Å². The van der Waals surface area contributed by atoms with E-state index in [0.717, 1.165) is 12.5 Å². The lowest BCUT2D eigenvalue weighted by Gasteiger charge is -2.36. The van der Waals surface area contributed by atoms with Gasteiger partial charge in [-0.05, 0) is 37.3 Å². The monoisotopic (exact) mass is 261 g/mol. The number of hydrogen-bond donors (Lipinski definition) is 1. The van der Waals surface area contributed by atoms with Crippen molar-refractivity contribution in [1.29, 1.82) is 0 Å². The van der Waals surface area contributed by atoms with Gasteiger partial charge < -0.3 is 5.32 Å². The number of rotatable bonds is 8. The van der Waals surface area contributed by atoms with Crippen LogP contribution in [-0.4, -0.2) is 12.6 Å².